The molecule has 2 heterocycles. The maximum absolute atomic E-state index is 2.80. The third-order valence-electron chi connectivity index (χ3n) is 8.26. The first kappa shape index (κ1) is 18.8. The molecule has 0 aromatic carbocycles. The molecule has 2 aliphatic carbocycles. The van der Waals surface area contributed by atoms with Crippen molar-refractivity contribution in [1.29, 1.82) is 0 Å². The van der Waals surface area contributed by atoms with Crippen LogP contribution >= 0.6 is 19.8 Å². The minimum absolute atomic E-state index is 0.668. The van der Waals surface area contributed by atoms with Crippen molar-refractivity contribution < 1.29 is 0 Å². The van der Waals surface area contributed by atoms with Crippen LogP contribution in [0, 0.1) is 23.2 Å². The number of hydrogen-bond acceptors (Lipinski definition) is 0. The van der Waals surface area contributed by atoms with Crippen molar-refractivity contribution in [3.8, 4) is 0 Å². The van der Waals surface area contributed by atoms with E-state index < -0.39 is 19.8 Å². The summed E-state index contributed by atoms with van der Waals surface area (Å²) in [6.07, 6.45) is 21.3. The summed E-state index contributed by atoms with van der Waals surface area (Å²) in [7, 11) is 0. The number of unbranched alkanes of at least 4 members (excludes halogenated alkanes) is 1. The number of fused-ring (bicyclic) bond motifs is 5. The standard InChI is InChI=1S/C24H41I/c1-18(2)8-4-5-9-19-11-13-22-21(19)12-14-23-24(3)16-7-6-10-20(24)15-17-25(22)23/h15,18-19,21-23H,4-14,16-17H2,1-3H3. The molecule has 144 valence electrons. The zero-order valence-electron chi connectivity index (χ0n) is 17.0. The van der Waals surface area contributed by atoms with Gasteiger partial charge in [-0.1, -0.05) is 0 Å². The van der Waals surface area contributed by atoms with Crippen LogP contribution in [-0.4, -0.2) is 12.3 Å². The van der Waals surface area contributed by atoms with Crippen LogP contribution in [-0.2, 0) is 0 Å². The number of halogens is 1. The Labute approximate surface area is 164 Å². The van der Waals surface area contributed by atoms with Crippen molar-refractivity contribution >= 4 is 19.8 Å². The second-order valence-corrected chi connectivity index (χ2v) is 16.6. The van der Waals surface area contributed by atoms with Gasteiger partial charge < -0.3 is 0 Å². The second kappa shape index (κ2) is 7.84. The predicted molar refractivity (Wildman–Crippen MR) is 120 cm³/mol. The molecule has 1 heteroatoms. The Bertz CT molecular complexity index is 492. The van der Waals surface area contributed by atoms with Crippen molar-refractivity contribution in [1.82, 2.24) is 0 Å². The van der Waals surface area contributed by atoms with E-state index in [4.69, 9.17) is 0 Å². The van der Waals surface area contributed by atoms with Gasteiger partial charge in [-0.2, -0.15) is 0 Å². The van der Waals surface area contributed by atoms with Crippen LogP contribution in [0.15, 0.2) is 11.6 Å². The summed E-state index contributed by atoms with van der Waals surface area (Å²) in [6.45, 7) is 7.47. The molecular formula is C24H41I. The second-order valence-electron chi connectivity index (χ2n) is 10.2. The zero-order chi connectivity index (χ0) is 17.4. The third kappa shape index (κ3) is 3.61. The van der Waals surface area contributed by atoms with E-state index in [1.165, 1.54) is 58.7 Å². The first-order valence-corrected chi connectivity index (χ1v) is 15.4. The van der Waals surface area contributed by atoms with E-state index >= 15 is 0 Å². The average molecular weight is 456 g/mol. The van der Waals surface area contributed by atoms with Crippen molar-refractivity contribution in [3.63, 3.8) is 0 Å². The molecule has 0 aromatic heterocycles. The maximum atomic E-state index is 2.80. The molecule has 0 amide bonds. The van der Waals surface area contributed by atoms with E-state index in [0.29, 0.717) is 5.41 Å². The molecule has 4 rings (SSSR count). The van der Waals surface area contributed by atoms with E-state index in [2.05, 4.69) is 26.8 Å². The van der Waals surface area contributed by atoms with Gasteiger partial charge in [0.15, 0.2) is 0 Å². The van der Waals surface area contributed by atoms with Crippen molar-refractivity contribution in [2.24, 2.45) is 23.2 Å². The summed E-state index contributed by atoms with van der Waals surface area (Å²) in [5, 5.41) is 0. The fraction of sp³-hybridized carbons (Fsp3) is 0.917. The van der Waals surface area contributed by atoms with Crippen LogP contribution in [0.4, 0.5) is 0 Å². The molecule has 25 heavy (non-hydrogen) atoms. The van der Waals surface area contributed by atoms with Crippen LogP contribution in [0.5, 0.6) is 0 Å². The molecule has 5 atom stereocenters. The summed E-state index contributed by atoms with van der Waals surface area (Å²) in [5.41, 5.74) is 2.58. The molecule has 0 nitrogen and oxygen atoms in total. The van der Waals surface area contributed by atoms with E-state index in [1.807, 2.05) is 5.57 Å². The third-order valence-corrected chi connectivity index (χ3v) is 17.2. The fourth-order valence-corrected chi connectivity index (χ4v) is 17.2. The van der Waals surface area contributed by atoms with Crippen molar-refractivity contribution in [2.45, 2.75) is 106 Å². The number of hydrogen-bond donors (Lipinski definition) is 0. The summed E-state index contributed by atoms with van der Waals surface area (Å²) in [6, 6.07) is 0. The fourth-order valence-electron chi connectivity index (χ4n) is 6.83. The molecule has 2 saturated carbocycles. The van der Waals surface area contributed by atoms with Gasteiger partial charge >= 0.3 is 165 Å². The first-order chi connectivity index (χ1) is 12.1. The summed E-state index contributed by atoms with van der Waals surface area (Å²) >= 11 is -0.785. The van der Waals surface area contributed by atoms with E-state index in [0.717, 1.165) is 11.8 Å². The van der Waals surface area contributed by atoms with Crippen LogP contribution in [0.1, 0.15) is 97.8 Å². The molecule has 0 aromatic rings. The molecule has 0 bridgehead atoms. The SMILES string of the molecule is CC(C)CCCCC1CCC2C1CCC1I2CC=C2CCCCC21C. The van der Waals surface area contributed by atoms with Crippen LogP contribution in [0.3, 0.4) is 0 Å². The summed E-state index contributed by atoms with van der Waals surface area (Å²) in [4.78, 5) is 0. The number of rotatable bonds is 5. The molecule has 0 N–H and O–H groups in total. The Morgan fingerprint density at radius 3 is 2.84 bits per heavy atom. The van der Waals surface area contributed by atoms with Gasteiger partial charge in [0.05, 0.1) is 0 Å². The van der Waals surface area contributed by atoms with Crippen molar-refractivity contribution in [2.75, 3.05) is 4.43 Å². The molecule has 0 radical (unpaired) electrons. The van der Waals surface area contributed by atoms with Gasteiger partial charge in [0, 0.05) is 0 Å². The molecule has 5 unspecified atom stereocenters. The Morgan fingerprint density at radius 1 is 1.12 bits per heavy atom. The predicted octanol–water partition coefficient (Wildman–Crippen LogP) is 7.79. The van der Waals surface area contributed by atoms with Crippen LogP contribution < -0.4 is 0 Å². The van der Waals surface area contributed by atoms with Gasteiger partial charge in [-0.15, -0.1) is 0 Å². The van der Waals surface area contributed by atoms with Gasteiger partial charge in [-0.25, -0.2) is 0 Å². The van der Waals surface area contributed by atoms with Crippen LogP contribution in [0.25, 0.3) is 0 Å². The Hall–Kier alpha value is 0.470. The van der Waals surface area contributed by atoms with Gasteiger partial charge in [0.1, 0.15) is 0 Å². The molecular weight excluding hydrogens is 415 g/mol. The molecule has 3 fully saturated rings. The summed E-state index contributed by atoms with van der Waals surface area (Å²) in [5.74, 6) is 3.20. The number of allylic oxidation sites excluding steroid dienone is 2. The minimum atomic E-state index is -0.785. The molecule has 4 aliphatic rings. The number of alkyl halides is 3. The van der Waals surface area contributed by atoms with Gasteiger partial charge in [0.2, 0.25) is 0 Å². The summed E-state index contributed by atoms with van der Waals surface area (Å²) < 4.78 is 4.04. The first-order valence-electron chi connectivity index (χ1n) is 11.4. The quantitative estimate of drug-likeness (QED) is 0.171. The Balaban J connectivity index is 1.39. The normalized spacial score (nSPS) is 41.9. The Morgan fingerprint density at radius 2 is 2.00 bits per heavy atom. The van der Waals surface area contributed by atoms with Crippen molar-refractivity contribution in [3.05, 3.63) is 11.6 Å². The van der Waals surface area contributed by atoms with Gasteiger partial charge in [-0.05, 0) is 0 Å². The van der Waals surface area contributed by atoms with Crippen LogP contribution in [0.2, 0.25) is 0 Å². The van der Waals surface area contributed by atoms with E-state index in [-0.39, 0.29) is 0 Å². The zero-order valence-corrected chi connectivity index (χ0v) is 19.2. The Kier molecular flexibility index (Phi) is 5.90. The monoisotopic (exact) mass is 456 g/mol. The average Bonchev–Trinajstić information content (AvgIpc) is 3.01. The molecule has 2 aliphatic heterocycles. The molecule has 1 saturated heterocycles. The van der Waals surface area contributed by atoms with E-state index in [9.17, 15) is 0 Å². The van der Waals surface area contributed by atoms with Gasteiger partial charge in [-0.3, -0.25) is 0 Å². The van der Waals surface area contributed by atoms with E-state index in [1.54, 1.807) is 36.5 Å². The van der Waals surface area contributed by atoms with Gasteiger partial charge in [0.25, 0.3) is 0 Å². The molecule has 0 spiro atoms. The topological polar surface area (TPSA) is 0 Å².